The van der Waals surface area contributed by atoms with Gasteiger partial charge in [0.25, 0.3) is 0 Å². The quantitative estimate of drug-likeness (QED) is 0.643. The predicted molar refractivity (Wildman–Crippen MR) is 134 cm³/mol. The smallest absolute Gasteiger partial charge is 0.177 e. The van der Waals surface area contributed by atoms with Crippen molar-refractivity contribution >= 4 is 28.7 Å². The van der Waals surface area contributed by atoms with E-state index in [1.807, 2.05) is 36.2 Å². The Kier molecular flexibility index (Phi) is 6.66. The maximum atomic E-state index is 6.06. The zero-order chi connectivity index (χ0) is 22.8. The number of aliphatic imine (C=N–C) groups is 1. The van der Waals surface area contributed by atoms with Crippen molar-refractivity contribution in [1.29, 1.82) is 0 Å². The van der Waals surface area contributed by atoms with Gasteiger partial charge in [-0.3, -0.25) is 4.99 Å². The zero-order valence-electron chi connectivity index (χ0n) is 19.3. The number of methoxy groups -OCH3 is 1. The highest BCUT2D eigenvalue weighted by Gasteiger charge is 2.42. The lowest BCUT2D eigenvalue weighted by atomic mass is 9.90. The van der Waals surface area contributed by atoms with Gasteiger partial charge >= 0.3 is 0 Å². The summed E-state index contributed by atoms with van der Waals surface area (Å²) >= 11 is 5.68. The average molecular weight is 469 g/mol. The summed E-state index contributed by atoms with van der Waals surface area (Å²) in [5.74, 6) is 0.823. The predicted octanol–water partition coefficient (Wildman–Crippen LogP) is 3.32. The minimum Gasteiger partial charge on any atom is -0.497 e. The molecule has 3 aliphatic heterocycles. The first-order valence-corrected chi connectivity index (χ1v) is 12.2. The summed E-state index contributed by atoms with van der Waals surface area (Å²) in [4.78, 5) is 7.18. The van der Waals surface area contributed by atoms with E-state index in [-0.39, 0.29) is 24.3 Å². The molecule has 2 saturated heterocycles. The van der Waals surface area contributed by atoms with Crippen molar-refractivity contribution in [3.8, 4) is 5.75 Å². The van der Waals surface area contributed by atoms with Crippen molar-refractivity contribution in [2.24, 2.45) is 4.99 Å². The Morgan fingerprint density at radius 1 is 1.12 bits per heavy atom. The van der Waals surface area contributed by atoms with Crippen LogP contribution in [0.3, 0.4) is 0 Å². The van der Waals surface area contributed by atoms with Crippen molar-refractivity contribution in [2.75, 3.05) is 32.3 Å². The number of nitrogens with one attached hydrogen (secondary N) is 2. The van der Waals surface area contributed by atoms with Crippen molar-refractivity contribution in [2.45, 2.75) is 56.4 Å². The van der Waals surface area contributed by atoms with E-state index in [0.29, 0.717) is 11.5 Å². The molecule has 0 amide bonds. The molecule has 5 rings (SSSR count). The van der Waals surface area contributed by atoms with Crippen LogP contribution in [-0.4, -0.2) is 62.5 Å². The molecule has 0 bridgehead atoms. The second kappa shape index (κ2) is 9.83. The lowest BCUT2D eigenvalue weighted by Crippen LogP contribution is -2.56. The van der Waals surface area contributed by atoms with Crippen LogP contribution < -0.4 is 20.3 Å². The van der Waals surface area contributed by atoms with Gasteiger partial charge in [0, 0.05) is 38.1 Å². The number of hydrogen-bond acceptors (Lipinski definition) is 6. The molecule has 33 heavy (non-hydrogen) atoms. The van der Waals surface area contributed by atoms with Crippen molar-refractivity contribution in [3.63, 3.8) is 0 Å². The Bertz CT molecular complexity index is 962. The normalized spacial score (nSPS) is 28.7. The van der Waals surface area contributed by atoms with Crippen LogP contribution in [0.2, 0.25) is 0 Å². The molecule has 4 aliphatic rings. The van der Waals surface area contributed by atoms with Gasteiger partial charge in [0.15, 0.2) is 5.11 Å². The number of thiocarbonyl (C=S) groups is 1. The average Bonchev–Trinajstić information content (AvgIpc) is 3.57. The van der Waals surface area contributed by atoms with E-state index in [0.717, 1.165) is 67.4 Å². The fourth-order valence-corrected chi connectivity index (χ4v) is 5.24. The van der Waals surface area contributed by atoms with E-state index in [4.69, 9.17) is 31.4 Å². The number of benzene rings is 1. The van der Waals surface area contributed by atoms with Crippen LogP contribution in [0.1, 0.15) is 32.1 Å². The van der Waals surface area contributed by atoms with Crippen LogP contribution in [0, 0.1) is 0 Å². The third-order valence-electron chi connectivity index (χ3n) is 6.86. The Hall–Kier alpha value is -2.42. The number of fused-ring (bicyclic) bond motifs is 1. The van der Waals surface area contributed by atoms with Crippen LogP contribution in [0.25, 0.3) is 0 Å². The fraction of sp³-hybridized carbons (Fsp3) is 0.520. The molecule has 3 heterocycles. The molecule has 2 N–H and O–H groups in total. The van der Waals surface area contributed by atoms with E-state index in [9.17, 15) is 0 Å². The fourth-order valence-electron chi connectivity index (χ4n) is 5.00. The Morgan fingerprint density at radius 3 is 2.52 bits per heavy atom. The van der Waals surface area contributed by atoms with Crippen molar-refractivity contribution < 1.29 is 14.2 Å². The molecule has 8 heteroatoms. The molecule has 0 aromatic heterocycles. The van der Waals surface area contributed by atoms with Gasteiger partial charge < -0.3 is 29.7 Å². The number of ether oxygens (including phenoxy) is 3. The van der Waals surface area contributed by atoms with Crippen LogP contribution in [0.5, 0.6) is 5.75 Å². The number of allylic oxidation sites excluding steroid dienone is 4. The first-order chi connectivity index (χ1) is 16.1. The lowest BCUT2D eigenvalue weighted by molar-refractivity contribution is 0.0294. The molecule has 1 aromatic rings. The third kappa shape index (κ3) is 4.78. The summed E-state index contributed by atoms with van der Waals surface area (Å²) in [6, 6.07) is 8.09. The number of hydrogen-bond donors (Lipinski definition) is 2. The minimum absolute atomic E-state index is 0.0797. The molecule has 0 radical (unpaired) electrons. The molecular formula is C25H32N4O3S. The highest BCUT2D eigenvalue weighted by atomic mass is 32.1. The number of rotatable bonds is 5. The SMILES string of the molecule is COc1ccc(N(C)C(=S)NC2=CC=C3NC(C4CCCO4)C(C4CCCO4)N=C3C2)cc1. The third-order valence-corrected chi connectivity index (χ3v) is 7.23. The molecule has 2 fully saturated rings. The summed E-state index contributed by atoms with van der Waals surface area (Å²) in [6.45, 7) is 1.66. The second-order valence-electron chi connectivity index (χ2n) is 8.98. The van der Waals surface area contributed by atoms with Gasteiger partial charge in [-0.1, -0.05) is 0 Å². The van der Waals surface area contributed by atoms with Gasteiger partial charge in [0.05, 0.1) is 42.8 Å². The molecule has 1 aliphatic carbocycles. The molecule has 4 unspecified atom stereocenters. The van der Waals surface area contributed by atoms with Crippen molar-refractivity contribution in [3.05, 3.63) is 47.8 Å². The van der Waals surface area contributed by atoms with Gasteiger partial charge in [0.2, 0.25) is 0 Å². The van der Waals surface area contributed by atoms with Crippen LogP contribution in [0.15, 0.2) is 52.8 Å². The molecule has 0 spiro atoms. The monoisotopic (exact) mass is 468 g/mol. The minimum atomic E-state index is 0.0797. The van der Waals surface area contributed by atoms with E-state index in [1.165, 1.54) is 0 Å². The standard InChI is InChI=1S/C25H32N4O3S/c1-29(17-8-10-18(30-2)11-9-17)25(33)26-16-7-12-19-20(15-16)28-24(22-6-4-14-32-22)23(27-19)21-5-3-13-31-21/h7-12,21-24,27H,3-6,13-15H2,1-2H3,(H,26,33). The highest BCUT2D eigenvalue weighted by Crippen LogP contribution is 2.31. The number of anilines is 1. The van der Waals surface area contributed by atoms with Gasteiger partial charge in [0.1, 0.15) is 5.75 Å². The molecule has 176 valence electrons. The molecule has 7 nitrogen and oxygen atoms in total. The molecule has 4 atom stereocenters. The highest BCUT2D eigenvalue weighted by molar-refractivity contribution is 7.80. The van der Waals surface area contributed by atoms with E-state index in [1.54, 1.807) is 7.11 Å². The first-order valence-electron chi connectivity index (χ1n) is 11.8. The summed E-state index contributed by atoms with van der Waals surface area (Å²) in [5, 5.41) is 7.80. The van der Waals surface area contributed by atoms with Crippen LogP contribution >= 0.6 is 12.2 Å². The summed E-state index contributed by atoms with van der Waals surface area (Å²) in [5.41, 5.74) is 4.18. The van der Waals surface area contributed by atoms with Crippen LogP contribution in [0.4, 0.5) is 5.69 Å². The summed E-state index contributed by atoms with van der Waals surface area (Å²) < 4.78 is 17.4. The lowest BCUT2D eigenvalue weighted by Gasteiger charge is -2.39. The maximum absolute atomic E-state index is 6.06. The Balaban J connectivity index is 1.30. The van der Waals surface area contributed by atoms with E-state index < -0.39 is 0 Å². The second-order valence-corrected chi connectivity index (χ2v) is 9.36. The summed E-state index contributed by atoms with van der Waals surface area (Å²) in [7, 11) is 3.62. The van der Waals surface area contributed by atoms with E-state index >= 15 is 0 Å². The Morgan fingerprint density at radius 2 is 1.85 bits per heavy atom. The van der Waals surface area contributed by atoms with Gasteiger partial charge in [-0.15, -0.1) is 0 Å². The largest absolute Gasteiger partial charge is 0.497 e. The first kappa shape index (κ1) is 22.4. The number of nitrogens with zero attached hydrogens (tertiary/aromatic N) is 2. The zero-order valence-corrected chi connectivity index (χ0v) is 20.1. The van der Waals surface area contributed by atoms with Gasteiger partial charge in [-0.2, -0.15) is 0 Å². The molecular weight excluding hydrogens is 436 g/mol. The van der Waals surface area contributed by atoms with Crippen LogP contribution in [-0.2, 0) is 9.47 Å². The molecule has 0 saturated carbocycles. The topological polar surface area (TPSA) is 67.4 Å². The van der Waals surface area contributed by atoms with E-state index in [2.05, 4.69) is 22.8 Å². The van der Waals surface area contributed by atoms with Crippen molar-refractivity contribution in [1.82, 2.24) is 10.6 Å². The van der Waals surface area contributed by atoms with Gasteiger partial charge in [-0.25, -0.2) is 0 Å². The molecule has 1 aromatic carbocycles. The Labute approximate surface area is 200 Å². The summed E-state index contributed by atoms with van der Waals surface area (Å²) in [6.07, 6.45) is 9.61. The van der Waals surface area contributed by atoms with Gasteiger partial charge in [-0.05, 0) is 74.3 Å². The maximum Gasteiger partial charge on any atom is 0.177 e.